The summed E-state index contributed by atoms with van der Waals surface area (Å²) < 4.78 is 45.0. The lowest BCUT2D eigenvalue weighted by Crippen LogP contribution is -2.19. The van der Waals surface area contributed by atoms with Crippen molar-refractivity contribution in [1.82, 2.24) is 4.98 Å². The maximum atomic E-state index is 13.6. The molecule has 0 aliphatic rings. The summed E-state index contributed by atoms with van der Waals surface area (Å²) >= 11 is 0. The summed E-state index contributed by atoms with van der Waals surface area (Å²) in [7, 11) is -2.69. The molecule has 2 aromatic rings. The summed E-state index contributed by atoms with van der Waals surface area (Å²) in [5, 5.41) is -0.288. The highest BCUT2D eigenvalue weighted by molar-refractivity contribution is 7.92. The Morgan fingerprint density at radius 3 is 2.71 bits per heavy atom. The zero-order valence-electron chi connectivity index (χ0n) is 11.0. The molecule has 7 nitrogen and oxygen atoms in total. The third kappa shape index (κ3) is 3.20. The second-order valence-electron chi connectivity index (χ2n) is 3.96. The predicted octanol–water partition coefficient (Wildman–Crippen LogP) is 1.32. The van der Waals surface area contributed by atoms with Crippen molar-refractivity contribution >= 4 is 21.4 Å². The molecule has 0 fully saturated rings. The number of hydrogen-bond donors (Lipinski definition) is 3. The number of halogens is 1. The van der Waals surface area contributed by atoms with E-state index in [2.05, 4.69) is 15.1 Å². The van der Waals surface area contributed by atoms with Gasteiger partial charge in [-0.25, -0.2) is 9.37 Å². The number of ether oxygens (including phenoxy) is 1. The monoisotopic (exact) mass is 312 g/mol. The number of benzene rings is 1. The first-order valence-corrected chi connectivity index (χ1v) is 7.24. The Bertz CT molecular complexity index is 752. The minimum Gasteiger partial charge on any atom is -0.494 e. The molecule has 4 N–H and O–H groups in total. The number of nitrogens with two attached hydrogens (primary N) is 1. The topological polar surface area (TPSA) is 106 Å². The molecule has 0 unspecified atom stereocenters. The van der Waals surface area contributed by atoms with Crippen molar-refractivity contribution in [3.05, 3.63) is 42.3 Å². The molecule has 2 rings (SSSR count). The van der Waals surface area contributed by atoms with E-state index in [9.17, 15) is 12.8 Å². The highest BCUT2D eigenvalue weighted by Gasteiger charge is 2.20. The Kier molecular flexibility index (Phi) is 4.24. The Balaban J connectivity index is 2.35. The van der Waals surface area contributed by atoms with Gasteiger partial charge in [0, 0.05) is 12.3 Å². The average molecular weight is 312 g/mol. The summed E-state index contributed by atoms with van der Waals surface area (Å²) in [6, 6.07) is 6.68. The normalized spacial score (nSPS) is 11.0. The van der Waals surface area contributed by atoms with Gasteiger partial charge < -0.3 is 10.2 Å². The molecule has 0 atom stereocenters. The Morgan fingerprint density at radius 2 is 2.10 bits per heavy atom. The Labute approximate surface area is 121 Å². The van der Waals surface area contributed by atoms with E-state index in [0.29, 0.717) is 0 Å². The average Bonchev–Trinajstić information content (AvgIpc) is 2.47. The first kappa shape index (κ1) is 15.0. The maximum Gasteiger partial charge on any atom is 0.281 e. The fourth-order valence-electron chi connectivity index (χ4n) is 1.65. The number of sulfonamides is 1. The molecular weight excluding hydrogens is 299 g/mol. The van der Waals surface area contributed by atoms with Gasteiger partial charge in [0.1, 0.15) is 0 Å². The van der Waals surface area contributed by atoms with Crippen molar-refractivity contribution in [2.45, 2.75) is 5.03 Å². The van der Waals surface area contributed by atoms with Gasteiger partial charge >= 0.3 is 0 Å². The third-order valence-electron chi connectivity index (χ3n) is 2.59. The zero-order chi connectivity index (χ0) is 15.5. The standard InChI is InChI=1S/C12H13FN4O3S/c1-20-11-5-4-8(7-9(11)13)17-21(18,19)12-10(16-14)3-2-6-15-12/h2-7,16-17H,14H2,1H3. The van der Waals surface area contributed by atoms with E-state index in [0.717, 1.165) is 6.07 Å². The van der Waals surface area contributed by atoms with Crippen molar-refractivity contribution < 1.29 is 17.5 Å². The van der Waals surface area contributed by atoms with Gasteiger partial charge in [0.25, 0.3) is 10.0 Å². The molecular formula is C12H13FN4O3S. The molecule has 0 spiro atoms. The molecule has 9 heteroatoms. The lowest BCUT2D eigenvalue weighted by Gasteiger charge is -2.11. The van der Waals surface area contributed by atoms with Crippen LogP contribution < -0.4 is 20.7 Å². The Hall–Kier alpha value is -2.39. The predicted molar refractivity (Wildman–Crippen MR) is 75.8 cm³/mol. The quantitative estimate of drug-likeness (QED) is 0.568. The van der Waals surface area contributed by atoms with Gasteiger partial charge in [-0.05, 0) is 24.3 Å². The second kappa shape index (κ2) is 5.94. The number of methoxy groups -OCH3 is 1. The number of hydrazine groups is 1. The first-order valence-electron chi connectivity index (χ1n) is 5.76. The van der Waals surface area contributed by atoms with Crippen LogP contribution in [-0.4, -0.2) is 20.5 Å². The molecule has 1 aromatic heterocycles. The van der Waals surface area contributed by atoms with Gasteiger partial charge in [0.2, 0.25) is 5.03 Å². The summed E-state index contributed by atoms with van der Waals surface area (Å²) in [5.74, 6) is 4.57. The van der Waals surface area contributed by atoms with Crippen molar-refractivity contribution in [3.63, 3.8) is 0 Å². The summed E-state index contributed by atoms with van der Waals surface area (Å²) in [6.07, 6.45) is 1.31. The van der Waals surface area contributed by atoms with Crippen LogP contribution in [0.1, 0.15) is 0 Å². The maximum absolute atomic E-state index is 13.6. The van der Waals surface area contributed by atoms with Crippen LogP contribution in [0.3, 0.4) is 0 Å². The number of rotatable bonds is 5. The molecule has 0 saturated carbocycles. The van der Waals surface area contributed by atoms with E-state index in [4.69, 9.17) is 10.6 Å². The minimum atomic E-state index is -4.00. The van der Waals surface area contributed by atoms with Crippen LogP contribution in [0.2, 0.25) is 0 Å². The summed E-state index contributed by atoms with van der Waals surface area (Å²) in [4.78, 5) is 3.76. The molecule has 21 heavy (non-hydrogen) atoms. The van der Waals surface area contributed by atoms with Gasteiger partial charge in [0.15, 0.2) is 11.6 Å². The van der Waals surface area contributed by atoms with Crippen LogP contribution in [0, 0.1) is 5.82 Å². The van der Waals surface area contributed by atoms with Gasteiger partial charge in [-0.3, -0.25) is 10.6 Å². The van der Waals surface area contributed by atoms with Crippen LogP contribution in [-0.2, 0) is 10.0 Å². The van der Waals surface area contributed by atoms with Crippen molar-refractivity contribution in [3.8, 4) is 5.75 Å². The van der Waals surface area contributed by atoms with Crippen molar-refractivity contribution in [2.24, 2.45) is 5.84 Å². The molecule has 0 amide bonds. The van der Waals surface area contributed by atoms with Crippen LogP contribution in [0.4, 0.5) is 15.8 Å². The lowest BCUT2D eigenvalue weighted by molar-refractivity contribution is 0.386. The van der Waals surface area contributed by atoms with E-state index in [1.165, 1.54) is 37.6 Å². The van der Waals surface area contributed by atoms with E-state index >= 15 is 0 Å². The smallest absolute Gasteiger partial charge is 0.281 e. The highest BCUT2D eigenvalue weighted by Crippen LogP contribution is 2.24. The molecule has 0 aliphatic carbocycles. The molecule has 1 heterocycles. The highest BCUT2D eigenvalue weighted by atomic mass is 32.2. The SMILES string of the molecule is COc1ccc(NS(=O)(=O)c2ncccc2NN)cc1F. The van der Waals surface area contributed by atoms with Gasteiger partial charge in [-0.1, -0.05) is 0 Å². The summed E-state index contributed by atoms with van der Waals surface area (Å²) in [6.45, 7) is 0. The molecule has 112 valence electrons. The zero-order valence-corrected chi connectivity index (χ0v) is 11.8. The molecule has 0 bridgehead atoms. The number of pyridine rings is 1. The number of aromatic nitrogens is 1. The number of hydrogen-bond acceptors (Lipinski definition) is 6. The first-order chi connectivity index (χ1) is 9.97. The van der Waals surface area contributed by atoms with Crippen LogP contribution in [0.25, 0.3) is 0 Å². The van der Waals surface area contributed by atoms with Crippen LogP contribution in [0.5, 0.6) is 5.75 Å². The number of anilines is 2. The number of nitrogens with zero attached hydrogens (tertiary/aromatic N) is 1. The molecule has 0 radical (unpaired) electrons. The number of nitrogens with one attached hydrogen (secondary N) is 2. The van der Waals surface area contributed by atoms with Gasteiger partial charge in [0.05, 0.1) is 18.5 Å². The van der Waals surface area contributed by atoms with Gasteiger partial charge in [-0.2, -0.15) is 8.42 Å². The van der Waals surface area contributed by atoms with E-state index in [1.807, 2.05) is 0 Å². The Morgan fingerprint density at radius 1 is 1.33 bits per heavy atom. The van der Waals surface area contributed by atoms with Crippen molar-refractivity contribution in [2.75, 3.05) is 17.3 Å². The fraction of sp³-hybridized carbons (Fsp3) is 0.0833. The largest absolute Gasteiger partial charge is 0.494 e. The fourth-order valence-corrected chi connectivity index (χ4v) is 2.80. The van der Waals surface area contributed by atoms with Crippen LogP contribution >= 0.6 is 0 Å². The van der Waals surface area contributed by atoms with E-state index < -0.39 is 15.8 Å². The third-order valence-corrected chi connectivity index (χ3v) is 3.92. The van der Waals surface area contributed by atoms with Crippen molar-refractivity contribution in [1.29, 1.82) is 0 Å². The van der Waals surface area contributed by atoms with Crippen LogP contribution in [0.15, 0.2) is 41.6 Å². The number of nitrogen functional groups attached to an aromatic ring is 1. The van der Waals surface area contributed by atoms with E-state index in [1.54, 1.807) is 0 Å². The van der Waals surface area contributed by atoms with Gasteiger partial charge in [-0.15, -0.1) is 0 Å². The summed E-state index contributed by atoms with van der Waals surface area (Å²) in [5.41, 5.74) is 2.41. The molecule has 1 aromatic carbocycles. The van der Waals surface area contributed by atoms with E-state index in [-0.39, 0.29) is 22.2 Å². The molecule has 0 saturated heterocycles. The second-order valence-corrected chi connectivity index (χ2v) is 5.55. The molecule has 0 aliphatic heterocycles. The minimum absolute atomic E-state index is 0.0140. The lowest BCUT2D eigenvalue weighted by atomic mass is 10.3.